The van der Waals surface area contributed by atoms with E-state index in [0.717, 1.165) is 5.52 Å². The number of hydrogen-bond acceptors (Lipinski definition) is 3. The van der Waals surface area contributed by atoms with Gasteiger partial charge in [-0.25, -0.2) is 8.42 Å². The van der Waals surface area contributed by atoms with Crippen molar-refractivity contribution < 1.29 is 13.2 Å². The first kappa shape index (κ1) is 17.5. The fourth-order valence-corrected chi connectivity index (χ4v) is 3.75. The van der Waals surface area contributed by atoms with Gasteiger partial charge in [-0.1, -0.05) is 6.07 Å². The van der Waals surface area contributed by atoms with Crippen molar-refractivity contribution in [3.63, 3.8) is 0 Å². The van der Waals surface area contributed by atoms with Gasteiger partial charge >= 0.3 is 0 Å². The minimum absolute atomic E-state index is 0.0857. The van der Waals surface area contributed by atoms with Crippen LogP contribution in [0.15, 0.2) is 36.7 Å². The lowest BCUT2D eigenvalue weighted by molar-refractivity contribution is 0.0952. The van der Waals surface area contributed by atoms with Gasteiger partial charge in [0.1, 0.15) is 0 Å². The van der Waals surface area contributed by atoms with Crippen molar-refractivity contribution in [2.45, 2.75) is 26.3 Å². The Labute approximate surface area is 137 Å². The number of carbonyl (C=O) groups is 1. The number of pyridine rings is 1. The maximum atomic E-state index is 12.1. The highest BCUT2D eigenvalue weighted by molar-refractivity contribution is 7.88. The largest absolute Gasteiger partial charge is 0.352 e. The number of sulfonamides is 1. The molecule has 6 nitrogen and oxygen atoms in total. The molecule has 1 N–H and O–H groups in total. The van der Waals surface area contributed by atoms with Gasteiger partial charge in [-0.3, -0.25) is 4.79 Å². The van der Waals surface area contributed by atoms with Gasteiger partial charge < -0.3 is 9.72 Å². The third-order valence-corrected chi connectivity index (χ3v) is 5.07. The van der Waals surface area contributed by atoms with Gasteiger partial charge in [0.15, 0.2) is 0 Å². The number of nitrogens with one attached hydrogen (secondary N) is 1. The Morgan fingerprint density at radius 1 is 1.35 bits per heavy atom. The van der Waals surface area contributed by atoms with E-state index in [4.69, 9.17) is 0 Å². The smallest absolute Gasteiger partial charge is 0.252 e. The normalized spacial score (nSPS) is 12.2. The minimum Gasteiger partial charge on any atom is -0.352 e. The van der Waals surface area contributed by atoms with Crippen LogP contribution in [-0.4, -0.2) is 48.4 Å². The van der Waals surface area contributed by atoms with Crippen molar-refractivity contribution >= 4 is 21.4 Å². The molecule has 0 saturated heterocycles. The highest BCUT2D eigenvalue weighted by Crippen LogP contribution is 2.09. The van der Waals surface area contributed by atoms with Crippen LogP contribution >= 0.6 is 0 Å². The second-order valence-corrected chi connectivity index (χ2v) is 7.77. The highest BCUT2D eigenvalue weighted by atomic mass is 32.2. The summed E-state index contributed by atoms with van der Waals surface area (Å²) in [6, 6.07) is 7.50. The summed E-state index contributed by atoms with van der Waals surface area (Å²) in [6.45, 7) is 4.51. The van der Waals surface area contributed by atoms with Gasteiger partial charge in [-0.05, 0) is 38.5 Å². The van der Waals surface area contributed by atoms with Gasteiger partial charge in [0, 0.05) is 37.0 Å². The summed E-state index contributed by atoms with van der Waals surface area (Å²) in [5.41, 5.74) is 1.56. The number of hydrogen-bond donors (Lipinski definition) is 1. The molecule has 0 aliphatic heterocycles. The van der Waals surface area contributed by atoms with E-state index in [0.29, 0.717) is 25.1 Å². The standard InChI is InChI=1S/C16H23N3O3S/c1-13(2)19(23(3,21)22)10-6-8-17-16(20)14-11-15-7-4-5-9-18(15)12-14/h4-5,7,9,11-13H,6,8,10H2,1-3H3,(H,17,20). The third kappa shape index (κ3) is 4.56. The lowest BCUT2D eigenvalue weighted by Crippen LogP contribution is -2.38. The third-order valence-electron chi connectivity index (χ3n) is 3.61. The molecule has 7 heteroatoms. The lowest BCUT2D eigenvalue weighted by Gasteiger charge is -2.23. The van der Waals surface area contributed by atoms with Crippen molar-refractivity contribution in [2.24, 2.45) is 0 Å². The summed E-state index contributed by atoms with van der Waals surface area (Å²) in [6.07, 6.45) is 5.45. The van der Waals surface area contributed by atoms with Crippen molar-refractivity contribution in [3.8, 4) is 0 Å². The van der Waals surface area contributed by atoms with Gasteiger partial charge in [-0.15, -0.1) is 0 Å². The van der Waals surface area contributed by atoms with Crippen LogP contribution in [-0.2, 0) is 10.0 Å². The molecule has 126 valence electrons. The van der Waals surface area contributed by atoms with E-state index in [1.165, 1.54) is 10.6 Å². The molecule has 0 fully saturated rings. The number of aromatic nitrogens is 1. The minimum atomic E-state index is -3.22. The summed E-state index contributed by atoms with van der Waals surface area (Å²) in [5.74, 6) is -0.149. The highest BCUT2D eigenvalue weighted by Gasteiger charge is 2.19. The zero-order valence-electron chi connectivity index (χ0n) is 13.7. The fourth-order valence-electron chi connectivity index (χ4n) is 2.53. The van der Waals surface area contributed by atoms with Gasteiger partial charge in [0.2, 0.25) is 10.0 Å². The predicted octanol–water partition coefficient (Wildman–Crippen LogP) is 1.73. The Hall–Kier alpha value is -1.86. The van der Waals surface area contributed by atoms with E-state index >= 15 is 0 Å². The van der Waals surface area contributed by atoms with Crippen LogP contribution in [0.3, 0.4) is 0 Å². The second-order valence-electron chi connectivity index (χ2n) is 5.84. The summed E-state index contributed by atoms with van der Waals surface area (Å²) in [4.78, 5) is 12.1. The molecule has 0 aliphatic rings. The van der Waals surface area contributed by atoms with Crippen LogP contribution in [0.25, 0.3) is 5.52 Å². The molecule has 1 amide bonds. The van der Waals surface area contributed by atoms with Gasteiger partial charge in [-0.2, -0.15) is 4.31 Å². The molecule has 23 heavy (non-hydrogen) atoms. The van der Waals surface area contributed by atoms with Crippen LogP contribution in [0, 0.1) is 0 Å². The van der Waals surface area contributed by atoms with Crippen molar-refractivity contribution in [3.05, 3.63) is 42.2 Å². The molecule has 0 unspecified atom stereocenters. The Morgan fingerprint density at radius 3 is 2.70 bits per heavy atom. The van der Waals surface area contributed by atoms with E-state index in [2.05, 4.69) is 5.32 Å². The quantitative estimate of drug-likeness (QED) is 0.782. The zero-order chi connectivity index (χ0) is 17.0. The molecular formula is C16H23N3O3S. The SMILES string of the molecule is CC(C)N(CCCNC(=O)c1cc2ccccn2c1)S(C)(=O)=O. The first-order chi connectivity index (χ1) is 10.8. The molecule has 0 saturated carbocycles. The first-order valence-corrected chi connectivity index (χ1v) is 9.45. The zero-order valence-corrected chi connectivity index (χ0v) is 14.5. The van der Waals surface area contributed by atoms with Crippen molar-refractivity contribution in [2.75, 3.05) is 19.3 Å². The number of fused-ring (bicyclic) bond motifs is 1. The molecule has 0 aliphatic carbocycles. The number of rotatable bonds is 7. The molecule has 0 aromatic carbocycles. The molecule has 0 bridgehead atoms. The van der Waals surface area contributed by atoms with E-state index in [1.54, 1.807) is 6.20 Å². The Kier molecular flexibility index (Phi) is 5.43. The van der Waals surface area contributed by atoms with E-state index in [1.807, 2.05) is 48.7 Å². The molecule has 2 rings (SSSR count). The summed E-state index contributed by atoms with van der Waals surface area (Å²) in [7, 11) is -3.22. The summed E-state index contributed by atoms with van der Waals surface area (Å²) in [5, 5.41) is 2.83. The Morgan fingerprint density at radius 2 is 2.09 bits per heavy atom. The van der Waals surface area contributed by atoms with Crippen molar-refractivity contribution in [1.29, 1.82) is 0 Å². The molecule has 2 aromatic heterocycles. The monoisotopic (exact) mass is 337 g/mol. The second kappa shape index (κ2) is 7.14. The van der Waals surface area contributed by atoms with Crippen molar-refractivity contribution in [1.82, 2.24) is 14.0 Å². The van der Waals surface area contributed by atoms with Crippen LogP contribution in [0.2, 0.25) is 0 Å². The average molecular weight is 337 g/mol. The van der Waals surface area contributed by atoms with Crippen LogP contribution in [0.5, 0.6) is 0 Å². The van der Waals surface area contributed by atoms with E-state index < -0.39 is 10.0 Å². The van der Waals surface area contributed by atoms with Crippen LogP contribution < -0.4 is 5.32 Å². The molecule has 0 spiro atoms. The maximum Gasteiger partial charge on any atom is 0.252 e. The molecule has 2 aromatic rings. The maximum absolute atomic E-state index is 12.1. The van der Waals surface area contributed by atoms with Crippen LogP contribution in [0.1, 0.15) is 30.6 Å². The van der Waals surface area contributed by atoms with Crippen LogP contribution in [0.4, 0.5) is 0 Å². The van der Waals surface area contributed by atoms with E-state index in [9.17, 15) is 13.2 Å². The number of carbonyl (C=O) groups excluding carboxylic acids is 1. The summed E-state index contributed by atoms with van der Waals surface area (Å²) < 4.78 is 26.6. The number of amides is 1. The average Bonchev–Trinajstić information content (AvgIpc) is 2.88. The fraction of sp³-hybridized carbons (Fsp3) is 0.438. The number of nitrogens with zero attached hydrogens (tertiary/aromatic N) is 2. The first-order valence-electron chi connectivity index (χ1n) is 7.61. The molecule has 0 atom stereocenters. The van der Waals surface area contributed by atoms with Gasteiger partial charge in [0.25, 0.3) is 5.91 Å². The topological polar surface area (TPSA) is 70.9 Å². The summed E-state index contributed by atoms with van der Waals surface area (Å²) >= 11 is 0. The lowest BCUT2D eigenvalue weighted by atomic mass is 10.3. The van der Waals surface area contributed by atoms with E-state index in [-0.39, 0.29) is 11.9 Å². The molecular weight excluding hydrogens is 314 g/mol. The predicted molar refractivity (Wildman–Crippen MR) is 91.0 cm³/mol. The molecule has 0 radical (unpaired) electrons. The Bertz CT molecular complexity index is 748. The van der Waals surface area contributed by atoms with Gasteiger partial charge in [0.05, 0.1) is 11.8 Å². The molecule has 2 heterocycles. The Balaban J connectivity index is 1.87.